The molecule has 0 spiro atoms. The zero-order valence-corrected chi connectivity index (χ0v) is 24.7. The van der Waals surface area contributed by atoms with Gasteiger partial charge in [-0.05, 0) is 58.2 Å². The van der Waals surface area contributed by atoms with Gasteiger partial charge in [-0.15, -0.1) is 0 Å². The Morgan fingerprint density at radius 2 is 1.08 bits per heavy atom. The van der Waals surface area contributed by atoms with Gasteiger partial charge in [-0.1, -0.05) is 110 Å². The SMILES string of the molecule is CCCCCCCCCOC(=O)CCCCCCCN(CCCCCCCC)CCCCC(N)C(=O)O. The third kappa shape index (κ3) is 26.3. The molecule has 220 valence electrons. The highest BCUT2D eigenvalue weighted by molar-refractivity contribution is 5.72. The van der Waals surface area contributed by atoms with Crippen molar-refractivity contribution in [3.8, 4) is 0 Å². The lowest BCUT2D eigenvalue weighted by atomic mass is 10.1. The van der Waals surface area contributed by atoms with Gasteiger partial charge in [-0.25, -0.2) is 0 Å². The molecule has 0 radical (unpaired) electrons. The molecule has 0 amide bonds. The highest BCUT2D eigenvalue weighted by Gasteiger charge is 2.11. The second-order valence-electron chi connectivity index (χ2n) is 10.9. The number of hydrogen-bond donors (Lipinski definition) is 2. The largest absolute Gasteiger partial charge is 0.480 e. The molecular formula is C31H62N2O4. The summed E-state index contributed by atoms with van der Waals surface area (Å²) in [5.41, 5.74) is 5.64. The number of carboxylic acid groups (broad SMARTS) is 1. The van der Waals surface area contributed by atoms with Crippen molar-refractivity contribution in [2.75, 3.05) is 26.2 Å². The predicted molar refractivity (Wildman–Crippen MR) is 156 cm³/mol. The summed E-state index contributed by atoms with van der Waals surface area (Å²) in [7, 11) is 0. The summed E-state index contributed by atoms with van der Waals surface area (Å²) in [4.78, 5) is 25.4. The standard InChI is InChI=1S/C31H62N2O4/c1-3-5-7-9-11-16-22-28-37-30(34)24-17-13-12-15-20-26-33(25-19-14-10-8-6-4-2)27-21-18-23-29(32)31(35)36/h29H,3-28,32H2,1-2H3,(H,35,36). The fraction of sp³-hybridized carbons (Fsp3) is 0.935. The van der Waals surface area contributed by atoms with Crippen LogP contribution < -0.4 is 5.73 Å². The Hall–Kier alpha value is -1.14. The van der Waals surface area contributed by atoms with Crippen LogP contribution in [-0.4, -0.2) is 54.2 Å². The maximum atomic E-state index is 11.9. The van der Waals surface area contributed by atoms with Gasteiger partial charge in [0.2, 0.25) is 0 Å². The minimum atomic E-state index is -0.898. The van der Waals surface area contributed by atoms with Gasteiger partial charge >= 0.3 is 11.9 Å². The number of nitrogens with two attached hydrogens (primary N) is 1. The lowest BCUT2D eigenvalue weighted by molar-refractivity contribution is -0.144. The first-order chi connectivity index (χ1) is 18.0. The summed E-state index contributed by atoms with van der Waals surface area (Å²) < 4.78 is 5.39. The lowest BCUT2D eigenvalue weighted by Gasteiger charge is -2.22. The summed E-state index contributed by atoms with van der Waals surface area (Å²) >= 11 is 0. The van der Waals surface area contributed by atoms with E-state index in [9.17, 15) is 9.59 Å². The topological polar surface area (TPSA) is 92.9 Å². The van der Waals surface area contributed by atoms with Gasteiger partial charge in [0, 0.05) is 6.42 Å². The van der Waals surface area contributed by atoms with E-state index in [1.54, 1.807) is 0 Å². The molecule has 0 saturated heterocycles. The molecule has 0 aromatic carbocycles. The molecule has 0 aromatic rings. The molecule has 0 aliphatic heterocycles. The Balaban J connectivity index is 3.86. The number of aliphatic carboxylic acids is 1. The Bertz CT molecular complexity index is 515. The average Bonchev–Trinajstić information content (AvgIpc) is 2.88. The molecule has 0 aliphatic rings. The lowest BCUT2D eigenvalue weighted by Crippen LogP contribution is -2.31. The summed E-state index contributed by atoms with van der Waals surface area (Å²) in [6, 6.07) is -0.732. The molecule has 0 saturated carbocycles. The minimum absolute atomic E-state index is 0.0290. The average molecular weight is 527 g/mol. The van der Waals surface area contributed by atoms with Crippen LogP contribution in [0.1, 0.15) is 155 Å². The van der Waals surface area contributed by atoms with Crippen molar-refractivity contribution in [2.24, 2.45) is 5.73 Å². The van der Waals surface area contributed by atoms with E-state index in [0.29, 0.717) is 19.4 Å². The molecule has 0 bridgehead atoms. The first-order valence-electron chi connectivity index (χ1n) is 15.9. The molecule has 6 nitrogen and oxygen atoms in total. The highest BCUT2D eigenvalue weighted by atomic mass is 16.5. The summed E-state index contributed by atoms with van der Waals surface area (Å²) in [5.74, 6) is -0.927. The number of carbonyl (C=O) groups is 2. The number of esters is 1. The van der Waals surface area contributed by atoms with Crippen LogP contribution in [0.5, 0.6) is 0 Å². The van der Waals surface area contributed by atoms with Crippen LogP contribution >= 0.6 is 0 Å². The van der Waals surface area contributed by atoms with Crippen LogP contribution in [0.2, 0.25) is 0 Å². The molecule has 3 N–H and O–H groups in total. The quantitative estimate of drug-likeness (QED) is 0.0761. The van der Waals surface area contributed by atoms with Gasteiger partial charge in [-0.2, -0.15) is 0 Å². The second-order valence-corrected chi connectivity index (χ2v) is 10.9. The molecule has 0 aliphatic carbocycles. The van der Waals surface area contributed by atoms with Crippen LogP contribution in [0.3, 0.4) is 0 Å². The molecule has 0 fully saturated rings. The zero-order valence-electron chi connectivity index (χ0n) is 24.7. The molecule has 37 heavy (non-hydrogen) atoms. The summed E-state index contributed by atoms with van der Waals surface area (Å²) in [6.07, 6.45) is 25.1. The molecular weight excluding hydrogens is 464 g/mol. The van der Waals surface area contributed by atoms with Crippen molar-refractivity contribution in [3.63, 3.8) is 0 Å². The zero-order chi connectivity index (χ0) is 27.4. The molecule has 0 heterocycles. The van der Waals surface area contributed by atoms with Crippen molar-refractivity contribution >= 4 is 11.9 Å². The van der Waals surface area contributed by atoms with Crippen LogP contribution in [-0.2, 0) is 14.3 Å². The number of nitrogens with zero attached hydrogens (tertiary/aromatic N) is 1. The van der Waals surface area contributed by atoms with E-state index >= 15 is 0 Å². The molecule has 6 heteroatoms. The van der Waals surface area contributed by atoms with E-state index in [-0.39, 0.29) is 5.97 Å². The van der Waals surface area contributed by atoms with E-state index in [1.165, 1.54) is 96.3 Å². The normalized spacial score (nSPS) is 12.2. The van der Waals surface area contributed by atoms with Gasteiger partial charge in [0.1, 0.15) is 6.04 Å². The maximum Gasteiger partial charge on any atom is 0.320 e. The number of carboxylic acids is 1. The van der Waals surface area contributed by atoms with Gasteiger partial charge in [-0.3, -0.25) is 9.59 Å². The summed E-state index contributed by atoms with van der Waals surface area (Å²) in [5, 5.41) is 8.96. The van der Waals surface area contributed by atoms with Crippen LogP contribution in [0.25, 0.3) is 0 Å². The highest BCUT2D eigenvalue weighted by Crippen LogP contribution is 2.12. The van der Waals surface area contributed by atoms with E-state index in [1.807, 2.05) is 0 Å². The second kappa shape index (κ2) is 27.9. The first kappa shape index (κ1) is 35.9. The Labute approximate surface area is 229 Å². The third-order valence-electron chi connectivity index (χ3n) is 7.25. The number of ether oxygens (including phenoxy) is 1. The van der Waals surface area contributed by atoms with Crippen molar-refractivity contribution < 1.29 is 19.4 Å². The van der Waals surface area contributed by atoms with Gasteiger partial charge < -0.3 is 20.5 Å². The fourth-order valence-electron chi connectivity index (χ4n) is 4.73. The molecule has 1 atom stereocenters. The molecule has 0 aromatic heterocycles. The van der Waals surface area contributed by atoms with Crippen molar-refractivity contribution in [2.45, 2.75) is 161 Å². The molecule has 0 rings (SSSR count). The fourth-order valence-corrected chi connectivity index (χ4v) is 4.73. The Kier molecular flexibility index (Phi) is 27.0. The minimum Gasteiger partial charge on any atom is -0.480 e. The van der Waals surface area contributed by atoms with Gasteiger partial charge in [0.05, 0.1) is 6.61 Å². The van der Waals surface area contributed by atoms with E-state index in [0.717, 1.165) is 51.7 Å². The number of hydrogen-bond acceptors (Lipinski definition) is 5. The smallest absolute Gasteiger partial charge is 0.320 e. The first-order valence-corrected chi connectivity index (χ1v) is 15.9. The van der Waals surface area contributed by atoms with E-state index in [2.05, 4.69) is 18.7 Å². The van der Waals surface area contributed by atoms with Crippen LogP contribution in [0, 0.1) is 0 Å². The maximum absolute atomic E-state index is 11.9. The Morgan fingerprint density at radius 1 is 0.649 bits per heavy atom. The van der Waals surface area contributed by atoms with Gasteiger partial charge in [0.25, 0.3) is 0 Å². The van der Waals surface area contributed by atoms with E-state index in [4.69, 9.17) is 15.6 Å². The van der Waals surface area contributed by atoms with Crippen LogP contribution in [0.15, 0.2) is 0 Å². The van der Waals surface area contributed by atoms with Crippen molar-refractivity contribution in [1.82, 2.24) is 4.90 Å². The van der Waals surface area contributed by atoms with Gasteiger partial charge in [0.15, 0.2) is 0 Å². The number of unbranched alkanes of at least 4 members (excludes halogenated alkanes) is 16. The van der Waals surface area contributed by atoms with Crippen LogP contribution in [0.4, 0.5) is 0 Å². The Morgan fingerprint density at radius 3 is 1.59 bits per heavy atom. The monoisotopic (exact) mass is 526 g/mol. The van der Waals surface area contributed by atoms with Crippen molar-refractivity contribution in [1.29, 1.82) is 0 Å². The third-order valence-corrected chi connectivity index (χ3v) is 7.25. The van der Waals surface area contributed by atoms with E-state index < -0.39 is 12.0 Å². The number of rotatable bonds is 29. The van der Waals surface area contributed by atoms with Crippen molar-refractivity contribution in [3.05, 3.63) is 0 Å². The summed E-state index contributed by atoms with van der Waals surface area (Å²) in [6.45, 7) is 8.36. The molecule has 1 unspecified atom stereocenters. The predicted octanol–water partition coefficient (Wildman–Crippen LogP) is 7.87. The number of carbonyl (C=O) groups excluding carboxylic acids is 1.